The molecule has 1 aromatic rings. The Morgan fingerprint density at radius 1 is 1.33 bits per heavy atom. The summed E-state index contributed by atoms with van der Waals surface area (Å²) in [6, 6.07) is 5.53. The first-order chi connectivity index (χ1) is 11.5. The predicted octanol–water partition coefficient (Wildman–Crippen LogP) is 1.36. The van der Waals surface area contributed by atoms with E-state index in [-0.39, 0.29) is 18.9 Å². The number of likely N-dealkylation sites (tertiary alicyclic amines) is 1. The van der Waals surface area contributed by atoms with Gasteiger partial charge in [-0.2, -0.15) is 0 Å². The van der Waals surface area contributed by atoms with Gasteiger partial charge in [-0.05, 0) is 24.1 Å². The van der Waals surface area contributed by atoms with Gasteiger partial charge in [0.25, 0.3) is 0 Å². The zero-order chi connectivity index (χ0) is 17.5. The van der Waals surface area contributed by atoms with Gasteiger partial charge in [-0.3, -0.25) is 4.79 Å². The average molecular weight is 334 g/mol. The molecule has 24 heavy (non-hydrogen) atoms. The van der Waals surface area contributed by atoms with Crippen molar-refractivity contribution >= 4 is 11.9 Å². The number of ether oxygens (including phenoxy) is 2. The van der Waals surface area contributed by atoms with E-state index in [1.807, 2.05) is 18.2 Å². The number of nitrogens with zero attached hydrogens (tertiary/aromatic N) is 1. The highest BCUT2D eigenvalue weighted by atomic mass is 16.5. The van der Waals surface area contributed by atoms with Crippen molar-refractivity contribution in [2.24, 2.45) is 5.92 Å². The minimum Gasteiger partial charge on any atom is -0.550 e. The number of rotatable bonds is 9. The maximum Gasteiger partial charge on any atom is 0.223 e. The van der Waals surface area contributed by atoms with E-state index in [9.17, 15) is 14.7 Å². The summed E-state index contributed by atoms with van der Waals surface area (Å²) in [5, 5.41) is 10.9. The van der Waals surface area contributed by atoms with Gasteiger partial charge in [0.2, 0.25) is 5.91 Å². The number of amides is 1. The van der Waals surface area contributed by atoms with Crippen LogP contribution in [0.15, 0.2) is 18.2 Å². The van der Waals surface area contributed by atoms with Gasteiger partial charge in [-0.25, -0.2) is 0 Å². The molecule has 0 N–H and O–H groups in total. The minimum atomic E-state index is -1.17. The Bertz CT molecular complexity index is 587. The van der Waals surface area contributed by atoms with Gasteiger partial charge < -0.3 is 24.3 Å². The number of hydrogen-bond acceptors (Lipinski definition) is 5. The van der Waals surface area contributed by atoms with Crippen molar-refractivity contribution in [2.45, 2.75) is 39.2 Å². The average Bonchev–Trinajstić information content (AvgIpc) is 2.93. The third-order valence-corrected chi connectivity index (χ3v) is 4.15. The second kappa shape index (κ2) is 8.57. The summed E-state index contributed by atoms with van der Waals surface area (Å²) in [7, 11) is 1.57. The van der Waals surface area contributed by atoms with Crippen LogP contribution in [0, 0.1) is 5.92 Å². The summed E-state index contributed by atoms with van der Waals surface area (Å²) in [4.78, 5) is 24.3. The Balaban J connectivity index is 1.99. The lowest BCUT2D eigenvalue weighted by atomic mass is 10.1. The van der Waals surface area contributed by atoms with Gasteiger partial charge in [0.15, 0.2) is 11.5 Å². The topological polar surface area (TPSA) is 78.9 Å². The number of hydrogen-bond donors (Lipinski definition) is 0. The van der Waals surface area contributed by atoms with Gasteiger partial charge >= 0.3 is 0 Å². The fourth-order valence-corrected chi connectivity index (χ4v) is 2.77. The van der Waals surface area contributed by atoms with Crippen molar-refractivity contribution in [3.8, 4) is 11.5 Å². The zero-order valence-electron chi connectivity index (χ0n) is 14.2. The third-order valence-electron chi connectivity index (χ3n) is 4.15. The molecule has 6 nitrogen and oxygen atoms in total. The number of benzene rings is 1. The van der Waals surface area contributed by atoms with E-state index >= 15 is 0 Å². The van der Waals surface area contributed by atoms with Crippen LogP contribution in [0.5, 0.6) is 11.5 Å². The maximum atomic E-state index is 11.9. The van der Waals surface area contributed by atoms with E-state index in [0.29, 0.717) is 24.7 Å². The molecule has 132 valence electrons. The quantitative estimate of drug-likeness (QED) is 0.637. The Labute approximate surface area is 142 Å². The van der Waals surface area contributed by atoms with E-state index in [1.165, 1.54) is 4.90 Å². The van der Waals surface area contributed by atoms with Crippen molar-refractivity contribution in [3.05, 3.63) is 23.8 Å². The van der Waals surface area contributed by atoms with Crippen LogP contribution in [0.4, 0.5) is 0 Å². The molecule has 1 aliphatic rings. The van der Waals surface area contributed by atoms with Crippen LogP contribution in [0.2, 0.25) is 0 Å². The lowest BCUT2D eigenvalue weighted by Gasteiger charge is -2.18. The fraction of sp³-hybridized carbons (Fsp3) is 0.556. The van der Waals surface area contributed by atoms with Crippen LogP contribution in [0.25, 0.3) is 0 Å². The second-order valence-electron chi connectivity index (χ2n) is 6.04. The summed E-state index contributed by atoms with van der Waals surface area (Å²) in [5.74, 6) is -0.757. The van der Waals surface area contributed by atoms with Crippen LogP contribution in [-0.4, -0.2) is 37.0 Å². The van der Waals surface area contributed by atoms with Crippen LogP contribution < -0.4 is 14.6 Å². The molecule has 0 aromatic heterocycles. The molecule has 6 heteroatoms. The number of carbonyl (C=O) groups excluding carboxylic acids is 2. The van der Waals surface area contributed by atoms with Crippen molar-refractivity contribution in [1.29, 1.82) is 0 Å². The standard InChI is InChI=1S/C18H25NO5/c1-3-4-5-8-24-15-7-6-13(9-16(15)23-2)11-19-12-14(18(21)22)10-17(19)20/h6-7,9,14H,3-5,8,10-12H2,1-2H3,(H,21,22)/p-1/t14-/m0/s1. The molecule has 0 spiro atoms. The highest BCUT2D eigenvalue weighted by molar-refractivity contribution is 5.85. The molecule has 0 bridgehead atoms. The number of carboxylic acids is 1. The van der Waals surface area contributed by atoms with Gasteiger partial charge in [0.1, 0.15) is 0 Å². The minimum absolute atomic E-state index is 0.0120. The molecule has 2 rings (SSSR count). The van der Waals surface area contributed by atoms with E-state index in [0.717, 1.165) is 24.8 Å². The van der Waals surface area contributed by atoms with Gasteiger partial charge in [-0.1, -0.05) is 25.8 Å². The molecular formula is C18H24NO5-. The van der Waals surface area contributed by atoms with Crippen molar-refractivity contribution in [1.82, 2.24) is 4.90 Å². The molecule has 1 aromatic carbocycles. The number of carboxylic acid groups (broad SMARTS) is 1. The first kappa shape index (κ1) is 18.1. The smallest absolute Gasteiger partial charge is 0.223 e. The van der Waals surface area contributed by atoms with Gasteiger partial charge in [0.05, 0.1) is 13.7 Å². The van der Waals surface area contributed by atoms with Crippen LogP contribution >= 0.6 is 0 Å². The third kappa shape index (κ3) is 4.63. The zero-order valence-corrected chi connectivity index (χ0v) is 14.2. The molecule has 1 aliphatic heterocycles. The Hall–Kier alpha value is -2.24. The normalized spacial score (nSPS) is 17.2. The van der Waals surface area contributed by atoms with Gasteiger partial charge in [0, 0.05) is 31.4 Å². The molecule has 0 radical (unpaired) electrons. The molecule has 1 saturated heterocycles. The molecular weight excluding hydrogens is 310 g/mol. The summed E-state index contributed by atoms with van der Waals surface area (Å²) in [6.07, 6.45) is 3.26. The SMILES string of the molecule is CCCCCOc1ccc(CN2C[C@@H](C(=O)[O-])CC2=O)cc1OC. The van der Waals surface area contributed by atoms with E-state index in [4.69, 9.17) is 9.47 Å². The van der Waals surface area contributed by atoms with E-state index < -0.39 is 11.9 Å². The summed E-state index contributed by atoms with van der Waals surface area (Å²) < 4.78 is 11.1. The lowest BCUT2D eigenvalue weighted by Crippen LogP contribution is -2.33. The number of unbranched alkanes of at least 4 members (excludes halogenated alkanes) is 2. The molecule has 1 atom stereocenters. The summed E-state index contributed by atoms with van der Waals surface area (Å²) >= 11 is 0. The largest absolute Gasteiger partial charge is 0.550 e. The Morgan fingerprint density at radius 2 is 2.12 bits per heavy atom. The second-order valence-corrected chi connectivity index (χ2v) is 6.04. The first-order valence-corrected chi connectivity index (χ1v) is 8.33. The van der Waals surface area contributed by atoms with Crippen LogP contribution in [-0.2, 0) is 16.1 Å². The maximum absolute atomic E-state index is 11.9. The van der Waals surface area contributed by atoms with E-state index in [2.05, 4.69) is 6.92 Å². The molecule has 1 fully saturated rings. The molecule has 0 unspecified atom stereocenters. The predicted molar refractivity (Wildman–Crippen MR) is 86.5 cm³/mol. The Morgan fingerprint density at radius 3 is 2.75 bits per heavy atom. The highest BCUT2D eigenvalue weighted by Crippen LogP contribution is 2.29. The van der Waals surface area contributed by atoms with Gasteiger partial charge in [-0.15, -0.1) is 0 Å². The van der Waals surface area contributed by atoms with Crippen LogP contribution in [0.3, 0.4) is 0 Å². The van der Waals surface area contributed by atoms with Crippen molar-refractivity contribution in [2.75, 3.05) is 20.3 Å². The first-order valence-electron chi connectivity index (χ1n) is 8.33. The number of aliphatic carboxylic acids is 1. The summed E-state index contributed by atoms with van der Waals surface area (Å²) in [5.41, 5.74) is 0.875. The molecule has 0 aliphatic carbocycles. The summed E-state index contributed by atoms with van der Waals surface area (Å²) in [6.45, 7) is 3.33. The Kier molecular flexibility index (Phi) is 6.46. The molecule has 1 heterocycles. The molecule has 1 amide bonds. The molecule has 0 saturated carbocycles. The van der Waals surface area contributed by atoms with Crippen molar-refractivity contribution < 1.29 is 24.2 Å². The lowest BCUT2D eigenvalue weighted by molar-refractivity contribution is -0.311. The van der Waals surface area contributed by atoms with Crippen LogP contribution in [0.1, 0.15) is 38.2 Å². The van der Waals surface area contributed by atoms with E-state index in [1.54, 1.807) is 7.11 Å². The van der Waals surface area contributed by atoms with Crippen molar-refractivity contribution in [3.63, 3.8) is 0 Å². The number of methoxy groups -OCH3 is 1. The fourth-order valence-electron chi connectivity index (χ4n) is 2.77. The highest BCUT2D eigenvalue weighted by Gasteiger charge is 2.30. The monoisotopic (exact) mass is 334 g/mol. The number of carbonyl (C=O) groups is 2.